The molecule has 4 heteroatoms. The molecular weight excluding hydrogens is 272 g/mol. The number of rotatable bonds is 3. The summed E-state index contributed by atoms with van der Waals surface area (Å²) in [6.45, 7) is 4.70. The number of benzene rings is 2. The van der Waals surface area contributed by atoms with Crippen molar-refractivity contribution in [3.8, 4) is 11.8 Å². The monoisotopic (exact) mass is 286 g/mol. The molecule has 0 aliphatic carbocycles. The van der Waals surface area contributed by atoms with Crippen molar-refractivity contribution in [1.29, 1.82) is 5.26 Å². The van der Waals surface area contributed by atoms with E-state index < -0.39 is 0 Å². The molecule has 2 rings (SSSR count). The summed E-state index contributed by atoms with van der Waals surface area (Å²) in [6, 6.07) is 12.5. The Labute approximate surface area is 123 Å². The van der Waals surface area contributed by atoms with Gasteiger partial charge >= 0.3 is 0 Å². The molecule has 2 aromatic rings. The van der Waals surface area contributed by atoms with Crippen LogP contribution in [0.5, 0.6) is 5.75 Å². The zero-order chi connectivity index (χ0) is 14.7. The average Bonchev–Trinajstić information content (AvgIpc) is 2.44. The van der Waals surface area contributed by atoms with Gasteiger partial charge in [-0.1, -0.05) is 17.7 Å². The van der Waals surface area contributed by atoms with Crippen LogP contribution in [-0.4, -0.2) is 11.7 Å². The second-order valence-electron chi connectivity index (χ2n) is 4.49. The number of halogens is 1. The molecule has 0 aromatic heterocycles. The van der Waals surface area contributed by atoms with E-state index in [0.29, 0.717) is 17.1 Å². The quantitative estimate of drug-likeness (QED) is 0.910. The van der Waals surface area contributed by atoms with Crippen molar-refractivity contribution < 1.29 is 5.11 Å². The van der Waals surface area contributed by atoms with Crippen LogP contribution in [0.2, 0.25) is 5.02 Å². The number of nitriles is 1. The van der Waals surface area contributed by atoms with Crippen LogP contribution in [0.25, 0.3) is 0 Å². The summed E-state index contributed by atoms with van der Waals surface area (Å²) in [5, 5.41) is 19.1. The summed E-state index contributed by atoms with van der Waals surface area (Å²) < 4.78 is 0. The molecule has 0 aliphatic heterocycles. The first kappa shape index (κ1) is 14.2. The Morgan fingerprint density at radius 1 is 1.20 bits per heavy atom. The van der Waals surface area contributed by atoms with E-state index in [0.717, 1.165) is 16.9 Å². The standard InChI is InChI=1S/C16H15ClN2O/c1-3-19(16-9-13(20)6-4-11(16)2)15-7-5-12(10-18)8-14(15)17/h4-9,20H,3H2,1-2H3. The minimum atomic E-state index is 0.216. The van der Waals surface area contributed by atoms with Gasteiger partial charge in [-0.05, 0) is 43.7 Å². The molecule has 0 saturated heterocycles. The van der Waals surface area contributed by atoms with Crippen molar-refractivity contribution in [3.05, 3.63) is 52.5 Å². The fourth-order valence-electron chi connectivity index (χ4n) is 2.15. The smallest absolute Gasteiger partial charge is 0.117 e. The largest absolute Gasteiger partial charge is 0.508 e. The maximum absolute atomic E-state index is 9.68. The highest BCUT2D eigenvalue weighted by atomic mass is 35.5. The third-order valence-corrected chi connectivity index (χ3v) is 3.47. The van der Waals surface area contributed by atoms with Crippen molar-refractivity contribution in [2.45, 2.75) is 13.8 Å². The molecule has 2 aromatic carbocycles. The van der Waals surface area contributed by atoms with Gasteiger partial charge in [-0.3, -0.25) is 0 Å². The van der Waals surface area contributed by atoms with E-state index in [1.165, 1.54) is 0 Å². The lowest BCUT2D eigenvalue weighted by atomic mass is 10.1. The van der Waals surface area contributed by atoms with Crippen molar-refractivity contribution in [2.24, 2.45) is 0 Å². The Kier molecular flexibility index (Phi) is 4.16. The van der Waals surface area contributed by atoms with Gasteiger partial charge in [-0.25, -0.2) is 0 Å². The van der Waals surface area contributed by atoms with E-state index in [1.807, 2.05) is 30.9 Å². The van der Waals surface area contributed by atoms with Crippen LogP contribution in [-0.2, 0) is 0 Å². The molecule has 0 unspecified atom stereocenters. The Morgan fingerprint density at radius 2 is 1.95 bits per heavy atom. The highest BCUT2D eigenvalue weighted by Gasteiger charge is 2.14. The fraction of sp³-hybridized carbons (Fsp3) is 0.188. The first-order chi connectivity index (χ1) is 9.56. The number of hydrogen-bond donors (Lipinski definition) is 1. The Bertz CT molecular complexity index is 677. The lowest BCUT2D eigenvalue weighted by molar-refractivity contribution is 0.475. The molecule has 0 fully saturated rings. The molecule has 0 atom stereocenters. The summed E-state index contributed by atoms with van der Waals surface area (Å²) in [5.41, 5.74) is 3.30. The number of aromatic hydroxyl groups is 1. The van der Waals surface area contributed by atoms with E-state index in [2.05, 4.69) is 6.07 Å². The highest BCUT2D eigenvalue weighted by molar-refractivity contribution is 6.33. The second-order valence-corrected chi connectivity index (χ2v) is 4.90. The number of phenols is 1. The number of nitrogens with zero attached hydrogens (tertiary/aromatic N) is 2. The molecule has 1 N–H and O–H groups in total. The zero-order valence-corrected chi connectivity index (χ0v) is 12.1. The van der Waals surface area contributed by atoms with Gasteiger partial charge in [0.25, 0.3) is 0 Å². The molecule has 0 radical (unpaired) electrons. The van der Waals surface area contributed by atoms with E-state index in [1.54, 1.807) is 24.3 Å². The minimum Gasteiger partial charge on any atom is -0.508 e. The molecule has 0 saturated carbocycles. The average molecular weight is 287 g/mol. The normalized spacial score (nSPS) is 10.1. The molecule has 0 amide bonds. The van der Waals surface area contributed by atoms with Gasteiger partial charge < -0.3 is 10.0 Å². The van der Waals surface area contributed by atoms with Gasteiger partial charge in [0, 0.05) is 18.3 Å². The summed E-state index contributed by atoms with van der Waals surface area (Å²) in [5.74, 6) is 0.216. The van der Waals surface area contributed by atoms with E-state index in [9.17, 15) is 5.11 Å². The van der Waals surface area contributed by atoms with E-state index in [4.69, 9.17) is 16.9 Å². The maximum Gasteiger partial charge on any atom is 0.117 e. The second kappa shape index (κ2) is 5.85. The predicted octanol–water partition coefficient (Wildman–Crippen LogP) is 4.38. The topological polar surface area (TPSA) is 47.3 Å². The third-order valence-electron chi connectivity index (χ3n) is 3.17. The summed E-state index contributed by atoms with van der Waals surface area (Å²) in [7, 11) is 0. The van der Waals surface area contributed by atoms with Gasteiger partial charge in [0.2, 0.25) is 0 Å². The lowest BCUT2D eigenvalue weighted by Gasteiger charge is -2.26. The van der Waals surface area contributed by atoms with Crippen LogP contribution in [0.1, 0.15) is 18.1 Å². The highest BCUT2D eigenvalue weighted by Crippen LogP contribution is 2.35. The molecule has 3 nitrogen and oxygen atoms in total. The van der Waals surface area contributed by atoms with Crippen LogP contribution in [0, 0.1) is 18.3 Å². The predicted molar refractivity (Wildman–Crippen MR) is 81.7 cm³/mol. The molecule has 0 bridgehead atoms. The molecular formula is C16H15ClN2O. The van der Waals surface area contributed by atoms with Crippen molar-refractivity contribution in [3.63, 3.8) is 0 Å². The van der Waals surface area contributed by atoms with Crippen LogP contribution in [0.15, 0.2) is 36.4 Å². The number of hydrogen-bond acceptors (Lipinski definition) is 3. The molecule has 0 spiro atoms. The minimum absolute atomic E-state index is 0.216. The first-order valence-corrected chi connectivity index (χ1v) is 6.71. The molecule has 102 valence electrons. The number of aryl methyl sites for hydroxylation is 1. The summed E-state index contributed by atoms with van der Waals surface area (Å²) in [4.78, 5) is 2.01. The van der Waals surface area contributed by atoms with Gasteiger partial charge in [-0.2, -0.15) is 5.26 Å². The van der Waals surface area contributed by atoms with Crippen molar-refractivity contribution >= 4 is 23.0 Å². The fourth-order valence-corrected chi connectivity index (χ4v) is 2.44. The molecule has 20 heavy (non-hydrogen) atoms. The van der Waals surface area contributed by atoms with Crippen LogP contribution < -0.4 is 4.90 Å². The van der Waals surface area contributed by atoms with Crippen molar-refractivity contribution in [2.75, 3.05) is 11.4 Å². The number of phenolic OH excluding ortho intramolecular Hbond substituents is 1. The first-order valence-electron chi connectivity index (χ1n) is 6.33. The van der Waals surface area contributed by atoms with Crippen molar-refractivity contribution in [1.82, 2.24) is 0 Å². The van der Waals surface area contributed by atoms with Gasteiger partial charge in [0.15, 0.2) is 0 Å². The summed E-state index contributed by atoms with van der Waals surface area (Å²) in [6.07, 6.45) is 0. The van der Waals surface area contributed by atoms with Crippen LogP contribution in [0.3, 0.4) is 0 Å². The van der Waals surface area contributed by atoms with Gasteiger partial charge in [0.1, 0.15) is 5.75 Å². The molecule has 0 heterocycles. The van der Waals surface area contributed by atoms with Gasteiger partial charge in [0.05, 0.1) is 22.3 Å². The Balaban J connectivity index is 2.53. The Morgan fingerprint density at radius 3 is 2.55 bits per heavy atom. The Hall–Kier alpha value is -2.18. The van der Waals surface area contributed by atoms with Crippen LogP contribution in [0.4, 0.5) is 11.4 Å². The van der Waals surface area contributed by atoms with E-state index >= 15 is 0 Å². The lowest BCUT2D eigenvalue weighted by Crippen LogP contribution is -2.17. The zero-order valence-electron chi connectivity index (χ0n) is 11.4. The van der Waals surface area contributed by atoms with E-state index in [-0.39, 0.29) is 5.75 Å². The van der Waals surface area contributed by atoms with Crippen LogP contribution >= 0.6 is 11.6 Å². The number of anilines is 2. The summed E-state index contributed by atoms with van der Waals surface area (Å²) >= 11 is 6.27. The molecule has 0 aliphatic rings. The third kappa shape index (κ3) is 2.71. The maximum atomic E-state index is 9.68. The van der Waals surface area contributed by atoms with Gasteiger partial charge in [-0.15, -0.1) is 0 Å². The SMILES string of the molecule is CCN(c1cc(O)ccc1C)c1ccc(C#N)cc1Cl.